The number of nitrogens with zero attached hydrogens (tertiary/aromatic N) is 2. The molecular weight excluding hydrogens is 574 g/mol. The van der Waals surface area contributed by atoms with Crippen molar-refractivity contribution in [2.45, 2.75) is 4.90 Å². The minimum atomic E-state index is -4.37. The van der Waals surface area contributed by atoms with Crippen LogP contribution in [0.1, 0.15) is 5.56 Å². The Bertz CT molecular complexity index is 1520. The minimum Gasteiger partial charge on any atom is -0.493 e. The number of carbonyl (C=O) groups is 1. The van der Waals surface area contributed by atoms with Crippen molar-refractivity contribution in [3.05, 3.63) is 91.8 Å². The molecule has 0 radical (unpaired) electrons. The molecule has 184 valence electrons. The van der Waals surface area contributed by atoms with Crippen LogP contribution >= 0.6 is 27.7 Å². The molecule has 1 aliphatic rings. The maximum atomic E-state index is 12.7. The number of aliphatic imine (C=N–C) groups is 1. The average molecular weight is 590 g/mol. The number of carbonyl (C=O) groups excluding carboxylic acids is 1. The molecule has 0 aliphatic carbocycles. The van der Waals surface area contributed by atoms with Gasteiger partial charge in [0.25, 0.3) is 11.6 Å². The van der Waals surface area contributed by atoms with Crippen molar-refractivity contribution in [1.29, 1.82) is 0 Å². The van der Waals surface area contributed by atoms with Crippen LogP contribution < -0.4 is 14.2 Å². The van der Waals surface area contributed by atoms with Crippen molar-refractivity contribution in [2.75, 3.05) is 7.11 Å². The molecule has 4 rings (SSSR count). The minimum absolute atomic E-state index is 0.0884. The van der Waals surface area contributed by atoms with Crippen molar-refractivity contribution < 1.29 is 27.1 Å². The standard InChI is InChI=1S/C23H16BrN3O7S2/c1-33-20-11-14(12-21-22(28)26-23(35-21)25-16-8-6-15(24)7-9-16)5-10-19(20)34-36(31,32)18-4-2-3-17(13-18)27(29)30/h2-13H,1H3,(H,25,26,28)/b21-12-. The van der Waals surface area contributed by atoms with Gasteiger partial charge in [0.2, 0.25) is 0 Å². The summed E-state index contributed by atoms with van der Waals surface area (Å²) >= 11 is 4.51. The Morgan fingerprint density at radius 1 is 1.08 bits per heavy atom. The number of nitro benzene ring substituents is 1. The van der Waals surface area contributed by atoms with Crippen LogP contribution in [0.3, 0.4) is 0 Å². The molecule has 3 aromatic rings. The van der Waals surface area contributed by atoms with E-state index in [1.807, 2.05) is 12.1 Å². The van der Waals surface area contributed by atoms with E-state index >= 15 is 0 Å². The molecule has 0 bridgehead atoms. The van der Waals surface area contributed by atoms with Gasteiger partial charge in [-0.1, -0.05) is 28.1 Å². The van der Waals surface area contributed by atoms with Gasteiger partial charge in [0, 0.05) is 16.6 Å². The van der Waals surface area contributed by atoms with E-state index in [1.165, 1.54) is 37.4 Å². The number of thioether (sulfide) groups is 1. The number of halogens is 1. The molecule has 0 saturated carbocycles. The quantitative estimate of drug-likeness (QED) is 0.175. The summed E-state index contributed by atoms with van der Waals surface area (Å²) in [5.41, 5.74) is 0.842. The van der Waals surface area contributed by atoms with Crippen LogP contribution in [0.15, 0.2) is 86.0 Å². The predicted octanol–water partition coefficient (Wildman–Crippen LogP) is 5.03. The second-order valence-corrected chi connectivity index (χ2v) is 10.7. The molecule has 3 aromatic carbocycles. The summed E-state index contributed by atoms with van der Waals surface area (Å²) in [6.45, 7) is 0. The number of non-ortho nitro benzene ring substituents is 1. The van der Waals surface area contributed by atoms with Gasteiger partial charge in [-0.15, -0.1) is 0 Å². The number of nitrogens with one attached hydrogen (secondary N) is 1. The third kappa shape index (κ3) is 5.93. The fourth-order valence-electron chi connectivity index (χ4n) is 3.03. The van der Waals surface area contributed by atoms with E-state index in [-0.39, 0.29) is 28.0 Å². The maximum absolute atomic E-state index is 12.7. The molecule has 0 spiro atoms. The zero-order chi connectivity index (χ0) is 25.9. The zero-order valence-electron chi connectivity index (χ0n) is 18.4. The van der Waals surface area contributed by atoms with Gasteiger partial charge >= 0.3 is 10.1 Å². The van der Waals surface area contributed by atoms with E-state index in [9.17, 15) is 23.3 Å². The fraction of sp³-hybridized carbons (Fsp3) is 0.0435. The average Bonchev–Trinajstić information content (AvgIpc) is 3.19. The van der Waals surface area contributed by atoms with E-state index in [0.29, 0.717) is 21.3 Å². The first kappa shape index (κ1) is 25.4. The first-order chi connectivity index (χ1) is 17.1. The van der Waals surface area contributed by atoms with Crippen LogP contribution in [0.4, 0.5) is 11.4 Å². The Kier molecular flexibility index (Phi) is 7.43. The summed E-state index contributed by atoms with van der Waals surface area (Å²) in [7, 11) is -3.04. The topological polar surface area (TPSA) is 137 Å². The van der Waals surface area contributed by atoms with Crippen LogP contribution in [0.5, 0.6) is 11.5 Å². The van der Waals surface area contributed by atoms with Crippen molar-refractivity contribution in [3.63, 3.8) is 0 Å². The maximum Gasteiger partial charge on any atom is 0.339 e. The van der Waals surface area contributed by atoms with Crippen LogP contribution in [-0.4, -0.2) is 31.5 Å². The summed E-state index contributed by atoms with van der Waals surface area (Å²) in [6, 6.07) is 16.2. The first-order valence-electron chi connectivity index (χ1n) is 10.1. The number of ether oxygens (including phenoxy) is 1. The van der Waals surface area contributed by atoms with Crippen LogP contribution in [-0.2, 0) is 14.9 Å². The predicted molar refractivity (Wildman–Crippen MR) is 139 cm³/mol. The second kappa shape index (κ2) is 10.5. The van der Waals surface area contributed by atoms with Gasteiger partial charge < -0.3 is 14.2 Å². The van der Waals surface area contributed by atoms with E-state index in [1.54, 1.807) is 24.3 Å². The largest absolute Gasteiger partial charge is 0.493 e. The summed E-state index contributed by atoms with van der Waals surface area (Å²) < 4.78 is 36.7. The number of rotatable bonds is 7. The normalized spacial score (nSPS) is 15.7. The Labute approximate surface area is 218 Å². The highest BCUT2D eigenvalue weighted by molar-refractivity contribution is 9.10. The van der Waals surface area contributed by atoms with Crippen LogP contribution in [0.2, 0.25) is 0 Å². The summed E-state index contributed by atoms with van der Waals surface area (Å²) in [4.78, 5) is 27.1. The van der Waals surface area contributed by atoms with E-state index in [2.05, 4.69) is 26.2 Å². The molecule has 0 atom stereocenters. The number of hydrogen-bond acceptors (Lipinski definition) is 9. The number of nitro groups is 1. The van der Waals surface area contributed by atoms with Gasteiger partial charge in [-0.2, -0.15) is 8.42 Å². The van der Waals surface area contributed by atoms with E-state index < -0.39 is 15.0 Å². The number of amidine groups is 1. The number of benzene rings is 3. The molecule has 0 aromatic heterocycles. The van der Waals surface area contributed by atoms with Gasteiger partial charge in [0.1, 0.15) is 4.90 Å². The van der Waals surface area contributed by atoms with Gasteiger partial charge in [0.15, 0.2) is 16.7 Å². The lowest BCUT2D eigenvalue weighted by Gasteiger charge is -2.11. The smallest absolute Gasteiger partial charge is 0.339 e. The second-order valence-electron chi connectivity index (χ2n) is 7.16. The Balaban J connectivity index is 1.55. The van der Waals surface area contributed by atoms with E-state index in [0.717, 1.165) is 22.3 Å². The number of methoxy groups -OCH3 is 1. The molecule has 0 unspecified atom stereocenters. The highest BCUT2D eigenvalue weighted by Gasteiger charge is 2.25. The zero-order valence-corrected chi connectivity index (χ0v) is 21.6. The monoisotopic (exact) mass is 589 g/mol. The summed E-state index contributed by atoms with van der Waals surface area (Å²) in [6.07, 6.45) is 1.60. The molecule has 1 amide bonds. The van der Waals surface area contributed by atoms with Crippen molar-refractivity contribution >= 4 is 66.3 Å². The summed E-state index contributed by atoms with van der Waals surface area (Å²) in [5.74, 6) is -0.360. The van der Waals surface area contributed by atoms with E-state index in [4.69, 9.17) is 8.92 Å². The summed E-state index contributed by atoms with van der Waals surface area (Å²) in [5, 5.41) is 14.1. The molecule has 1 aliphatic heterocycles. The third-order valence-corrected chi connectivity index (χ3v) is 7.38. The Morgan fingerprint density at radius 2 is 1.83 bits per heavy atom. The van der Waals surface area contributed by atoms with Crippen LogP contribution in [0, 0.1) is 10.1 Å². The Morgan fingerprint density at radius 3 is 2.53 bits per heavy atom. The SMILES string of the molecule is COc1cc(/C=C2\SC(=Nc3ccc(Br)cc3)NC2=O)ccc1OS(=O)(=O)c1cccc([N+](=O)[O-])c1. The van der Waals surface area contributed by atoms with Crippen molar-refractivity contribution in [1.82, 2.24) is 5.32 Å². The van der Waals surface area contributed by atoms with Gasteiger partial charge in [-0.3, -0.25) is 14.9 Å². The van der Waals surface area contributed by atoms with Gasteiger partial charge in [0.05, 0.1) is 22.6 Å². The van der Waals surface area contributed by atoms with Crippen molar-refractivity contribution in [3.8, 4) is 11.5 Å². The van der Waals surface area contributed by atoms with Crippen LogP contribution in [0.25, 0.3) is 6.08 Å². The molecule has 13 heteroatoms. The molecule has 10 nitrogen and oxygen atoms in total. The first-order valence-corrected chi connectivity index (χ1v) is 13.1. The van der Waals surface area contributed by atoms with Crippen molar-refractivity contribution in [2.24, 2.45) is 4.99 Å². The van der Waals surface area contributed by atoms with Gasteiger partial charge in [-0.05, 0) is 65.9 Å². The lowest BCUT2D eigenvalue weighted by Crippen LogP contribution is -2.19. The van der Waals surface area contributed by atoms with Gasteiger partial charge in [-0.25, -0.2) is 4.99 Å². The lowest BCUT2D eigenvalue weighted by molar-refractivity contribution is -0.385. The molecular formula is C23H16BrN3O7S2. The fourth-order valence-corrected chi connectivity index (χ4v) is 5.11. The molecule has 1 saturated heterocycles. The highest BCUT2D eigenvalue weighted by Crippen LogP contribution is 2.34. The highest BCUT2D eigenvalue weighted by atomic mass is 79.9. The number of amides is 1. The number of hydrogen-bond donors (Lipinski definition) is 1. The molecule has 1 fully saturated rings. The molecule has 1 heterocycles. The lowest BCUT2D eigenvalue weighted by atomic mass is 10.2. The third-order valence-electron chi connectivity index (χ3n) is 4.71. The molecule has 36 heavy (non-hydrogen) atoms. The Hall–Kier alpha value is -3.68. The molecule has 1 N–H and O–H groups in total.